The number of aromatic nitrogens is 1. The molecule has 1 aromatic heterocycles. The van der Waals surface area contributed by atoms with Crippen LogP contribution in [-0.2, 0) is 11.3 Å². The van der Waals surface area contributed by atoms with Gasteiger partial charge in [-0.15, -0.1) is 0 Å². The molecular formula is C16H17FN2O3. The van der Waals surface area contributed by atoms with Crippen LogP contribution in [0.4, 0.5) is 4.39 Å². The zero-order valence-corrected chi connectivity index (χ0v) is 12.5. The highest BCUT2D eigenvalue weighted by Crippen LogP contribution is 2.35. The summed E-state index contributed by atoms with van der Waals surface area (Å²) in [5, 5.41) is 3.87. The van der Waals surface area contributed by atoms with Crippen LogP contribution in [-0.4, -0.2) is 29.6 Å². The van der Waals surface area contributed by atoms with Gasteiger partial charge in [-0.3, -0.25) is 4.79 Å². The van der Waals surface area contributed by atoms with Crippen molar-refractivity contribution >= 4 is 5.91 Å². The summed E-state index contributed by atoms with van der Waals surface area (Å²) in [7, 11) is 1.56. The molecule has 0 radical (unpaired) electrons. The number of hydrogen-bond donors (Lipinski definition) is 0. The van der Waals surface area contributed by atoms with Gasteiger partial charge in [0.25, 0.3) is 5.91 Å². The summed E-state index contributed by atoms with van der Waals surface area (Å²) < 4.78 is 23.2. The number of hydrogen-bond acceptors (Lipinski definition) is 4. The molecule has 0 bridgehead atoms. The molecule has 0 saturated carbocycles. The van der Waals surface area contributed by atoms with Gasteiger partial charge >= 0.3 is 0 Å². The predicted octanol–water partition coefficient (Wildman–Crippen LogP) is 2.86. The van der Waals surface area contributed by atoms with Gasteiger partial charge in [0.05, 0.1) is 18.2 Å². The molecule has 1 aliphatic rings. The molecule has 1 amide bonds. The summed E-state index contributed by atoms with van der Waals surface area (Å²) in [5.41, 5.74) is 1.90. The monoisotopic (exact) mass is 304 g/mol. The van der Waals surface area contributed by atoms with E-state index in [9.17, 15) is 9.18 Å². The maximum atomic E-state index is 13.0. The number of likely N-dealkylation sites (tertiary alicyclic amines) is 1. The summed E-state index contributed by atoms with van der Waals surface area (Å²) in [5.74, 6) is 0.129. The van der Waals surface area contributed by atoms with Crippen LogP contribution in [0.5, 0.6) is 0 Å². The van der Waals surface area contributed by atoms with E-state index in [1.165, 1.54) is 12.1 Å². The van der Waals surface area contributed by atoms with Gasteiger partial charge in [-0.2, -0.15) is 0 Å². The van der Waals surface area contributed by atoms with Crippen molar-refractivity contribution in [2.45, 2.75) is 26.0 Å². The molecule has 1 fully saturated rings. The maximum absolute atomic E-state index is 13.0. The number of aryl methyl sites for hydroxylation is 1. The van der Waals surface area contributed by atoms with Crippen LogP contribution in [0.15, 0.2) is 28.8 Å². The standard InChI is InChI=1S/C16H17FN2O3/c1-10-13(9-21-2)15(18-22-10)16(20)19-8-7-14(19)11-3-5-12(17)6-4-11/h3-6,14H,7-9H2,1-2H3/t14-/m0/s1. The number of halogens is 1. The highest BCUT2D eigenvalue weighted by Gasteiger charge is 2.36. The summed E-state index contributed by atoms with van der Waals surface area (Å²) >= 11 is 0. The van der Waals surface area contributed by atoms with Gasteiger partial charge < -0.3 is 14.2 Å². The number of methoxy groups -OCH3 is 1. The van der Waals surface area contributed by atoms with Crippen LogP contribution in [0.1, 0.15) is 39.8 Å². The Bertz CT molecular complexity index is 681. The van der Waals surface area contributed by atoms with Crippen LogP contribution in [0.25, 0.3) is 0 Å². The van der Waals surface area contributed by atoms with E-state index in [0.717, 1.165) is 12.0 Å². The number of ether oxygens (including phenoxy) is 1. The Kier molecular flexibility index (Phi) is 3.94. The number of nitrogens with zero attached hydrogens (tertiary/aromatic N) is 2. The first-order valence-electron chi connectivity index (χ1n) is 7.12. The smallest absolute Gasteiger partial charge is 0.276 e. The Balaban J connectivity index is 1.82. The fraction of sp³-hybridized carbons (Fsp3) is 0.375. The second-order valence-electron chi connectivity index (χ2n) is 5.35. The molecule has 1 saturated heterocycles. The lowest BCUT2D eigenvalue weighted by Gasteiger charge is -2.41. The molecular weight excluding hydrogens is 287 g/mol. The third-order valence-corrected chi connectivity index (χ3v) is 4.01. The molecule has 3 rings (SSSR count). The minimum Gasteiger partial charge on any atom is -0.380 e. The van der Waals surface area contributed by atoms with Gasteiger partial charge in [0, 0.05) is 13.7 Å². The molecule has 0 unspecified atom stereocenters. The van der Waals surface area contributed by atoms with Crippen molar-refractivity contribution in [3.05, 3.63) is 52.7 Å². The summed E-state index contributed by atoms with van der Waals surface area (Å²) in [6, 6.07) is 6.20. The number of carbonyl (C=O) groups is 1. The molecule has 116 valence electrons. The van der Waals surface area contributed by atoms with E-state index in [4.69, 9.17) is 9.26 Å². The third-order valence-electron chi connectivity index (χ3n) is 4.01. The zero-order valence-electron chi connectivity index (χ0n) is 12.5. The molecule has 1 aromatic carbocycles. The number of rotatable bonds is 4. The van der Waals surface area contributed by atoms with Gasteiger partial charge in [-0.1, -0.05) is 17.3 Å². The third kappa shape index (κ3) is 2.50. The lowest BCUT2D eigenvalue weighted by molar-refractivity contribution is 0.0446. The van der Waals surface area contributed by atoms with Gasteiger partial charge in [0.1, 0.15) is 11.6 Å². The van der Waals surface area contributed by atoms with E-state index in [1.807, 2.05) is 0 Å². The fourth-order valence-electron chi connectivity index (χ4n) is 2.67. The Hall–Kier alpha value is -2.21. The number of amides is 1. The first-order valence-corrected chi connectivity index (χ1v) is 7.12. The Morgan fingerprint density at radius 1 is 1.45 bits per heavy atom. The van der Waals surface area contributed by atoms with Crippen LogP contribution in [0.2, 0.25) is 0 Å². The van der Waals surface area contributed by atoms with E-state index in [1.54, 1.807) is 31.1 Å². The van der Waals surface area contributed by atoms with Gasteiger partial charge in [0.2, 0.25) is 0 Å². The molecule has 2 aromatic rings. The van der Waals surface area contributed by atoms with E-state index in [-0.39, 0.29) is 24.4 Å². The lowest BCUT2D eigenvalue weighted by Crippen LogP contribution is -2.45. The number of benzene rings is 1. The van der Waals surface area contributed by atoms with Gasteiger partial charge in [-0.25, -0.2) is 4.39 Å². The molecule has 22 heavy (non-hydrogen) atoms. The predicted molar refractivity (Wildman–Crippen MR) is 76.7 cm³/mol. The van der Waals surface area contributed by atoms with Crippen LogP contribution in [0.3, 0.4) is 0 Å². The Morgan fingerprint density at radius 3 is 2.77 bits per heavy atom. The highest BCUT2D eigenvalue weighted by molar-refractivity contribution is 5.94. The van der Waals surface area contributed by atoms with Crippen molar-refractivity contribution < 1.29 is 18.4 Å². The molecule has 6 heteroatoms. The average Bonchev–Trinajstić information content (AvgIpc) is 2.82. The summed E-state index contributed by atoms with van der Waals surface area (Å²) in [4.78, 5) is 14.4. The first kappa shape index (κ1) is 14.7. The molecule has 1 aliphatic heterocycles. The van der Waals surface area contributed by atoms with E-state index >= 15 is 0 Å². The van der Waals surface area contributed by atoms with Gasteiger partial charge in [-0.05, 0) is 31.0 Å². The normalized spacial score (nSPS) is 17.4. The van der Waals surface area contributed by atoms with Crippen LogP contribution in [0, 0.1) is 12.7 Å². The van der Waals surface area contributed by atoms with Crippen LogP contribution < -0.4 is 0 Å². The minimum absolute atomic E-state index is 0.0412. The summed E-state index contributed by atoms with van der Waals surface area (Å²) in [6.45, 7) is 2.69. The van der Waals surface area contributed by atoms with Crippen molar-refractivity contribution in [3.8, 4) is 0 Å². The lowest BCUT2D eigenvalue weighted by atomic mass is 9.94. The second kappa shape index (κ2) is 5.88. The largest absolute Gasteiger partial charge is 0.380 e. The minimum atomic E-state index is -0.282. The van der Waals surface area contributed by atoms with Crippen molar-refractivity contribution in [2.24, 2.45) is 0 Å². The van der Waals surface area contributed by atoms with E-state index in [0.29, 0.717) is 23.6 Å². The number of carbonyl (C=O) groups excluding carboxylic acids is 1. The molecule has 0 spiro atoms. The van der Waals surface area contributed by atoms with Crippen molar-refractivity contribution in [1.82, 2.24) is 10.1 Å². The first-order chi connectivity index (χ1) is 10.6. The Labute approximate surface area is 127 Å². The molecule has 2 heterocycles. The topological polar surface area (TPSA) is 55.6 Å². The van der Waals surface area contributed by atoms with Gasteiger partial charge in [0.15, 0.2) is 5.69 Å². The second-order valence-corrected chi connectivity index (χ2v) is 5.35. The quantitative estimate of drug-likeness (QED) is 0.871. The molecule has 0 aliphatic carbocycles. The highest BCUT2D eigenvalue weighted by atomic mass is 19.1. The van der Waals surface area contributed by atoms with E-state index < -0.39 is 0 Å². The van der Waals surface area contributed by atoms with Crippen molar-refractivity contribution in [2.75, 3.05) is 13.7 Å². The Morgan fingerprint density at radius 2 is 2.18 bits per heavy atom. The molecule has 1 atom stereocenters. The summed E-state index contributed by atoms with van der Waals surface area (Å²) in [6.07, 6.45) is 0.855. The average molecular weight is 304 g/mol. The molecule has 5 nitrogen and oxygen atoms in total. The van der Waals surface area contributed by atoms with Crippen LogP contribution >= 0.6 is 0 Å². The zero-order chi connectivity index (χ0) is 15.7. The van der Waals surface area contributed by atoms with Crippen molar-refractivity contribution in [3.63, 3.8) is 0 Å². The SMILES string of the molecule is COCc1c(C(=O)N2CC[C@H]2c2ccc(F)cc2)noc1C. The van der Waals surface area contributed by atoms with Crippen molar-refractivity contribution in [1.29, 1.82) is 0 Å². The fourth-order valence-corrected chi connectivity index (χ4v) is 2.67. The van der Waals surface area contributed by atoms with E-state index in [2.05, 4.69) is 5.16 Å². The maximum Gasteiger partial charge on any atom is 0.276 e. The molecule has 0 N–H and O–H groups in total.